The fourth-order valence-electron chi connectivity index (χ4n) is 3.20. The van der Waals surface area contributed by atoms with Gasteiger partial charge < -0.3 is 18.9 Å². The van der Waals surface area contributed by atoms with E-state index in [2.05, 4.69) is 5.16 Å². The highest BCUT2D eigenvalue weighted by atomic mass is 16.5. The van der Waals surface area contributed by atoms with Gasteiger partial charge in [-0.3, -0.25) is 4.79 Å². The van der Waals surface area contributed by atoms with E-state index in [4.69, 9.17) is 14.0 Å². The van der Waals surface area contributed by atoms with Crippen molar-refractivity contribution in [2.24, 2.45) is 0 Å². The zero-order valence-electron chi connectivity index (χ0n) is 16.6. The Morgan fingerprint density at radius 1 is 1.14 bits per heavy atom. The van der Waals surface area contributed by atoms with E-state index in [9.17, 15) is 9.59 Å². The Morgan fingerprint density at radius 2 is 1.82 bits per heavy atom. The summed E-state index contributed by atoms with van der Waals surface area (Å²) in [5, 5.41) is 3.89. The lowest BCUT2D eigenvalue weighted by atomic mass is 10.1. The highest BCUT2D eigenvalue weighted by Crippen LogP contribution is 2.19. The molecule has 1 amide bonds. The van der Waals surface area contributed by atoms with Crippen LogP contribution in [0.4, 0.5) is 0 Å². The van der Waals surface area contributed by atoms with Crippen molar-refractivity contribution in [2.45, 2.75) is 52.7 Å². The highest BCUT2D eigenvalue weighted by molar-refractivity contribution is 5.92. The molecule has 0 bridgehead atoms. The highest BCUT2D eigenvalue weighted by Gasteiger charge is 2.25. The second kappa shape index (κ2) is 8.91. The molecule has 2 heterocycles. The fraction of sp³-hybridized carbons (Fsp3) is 0.476. The minimum Gasteiger partial charge on any atom is -0.489 e. The third kappa shape index (κ3) is 4.71. The molecule has 1 saturated heterocycles. The van der Waals surface area contributed by atoms with Gasteiger partial charge in [0.1, 0.15) is 18.1 Å². The predicted octanol–water partition coefficient (Wildman–Crippen LogP) is 3.43. The van der Waals surface area contributed by atoms with Crippen LogP contribution in [0.15, 0.2) is 28.8 Å². The normalized spacial score (nSPS) is 15.2. The van der Waals surface area contributed by atoms with Gasteiger partial charge in [-0.25, -0.2) is 4.79 Å². The Kier molecular flexibility index (Phi) is 6.34. The predicted molar refractivity (Wildman–Crippen MR) is 102 cm³/mol. The zero-order valence-corrected chi connectivity index (χ0v) is 16.6. The van der Waals surface area contributed by atoms with Crippen LogP contribution in [0, 0.1) is 13.8 Å². The summed E-state index contributed by atoms with van der Waals surface area (Å²) >= 11 is 0. The number of carbonyl (C=O) groups excluding carboxylic acids is 2. The smallest absolute Gasteiger partial charge is 0.338 e. The SMILES string of the molecule is Cc1noc(C)c1COc1ccc(C(=O)O[C@@H](C)C(=O)N2CCCCC2)cc1. The molecule has 0 aliphatic carbocycles. The Balaban J connectivity index is 1.53. The molecule has 3 rings (SSSR count). The van der Waals surface area contributed by atoms with Crippen molar-refractivity contribution in [1.29, 1.82) is 0 Å². The van der Waals surface area contributed by atoms with E-state index >= 15 is 0 Å². The number of carbonyl (C=O) groups is 2. The van der Waals surface area contributed by atoms with E-state index in [1.54, 1.807) is 36.1 Å². The van der Waals surface area contributed by atoms with Crippen LogP contribution in [0.5, 0.6) is 5.75 Å². The molecule has 0 unspecified atom stereocenters. The van der Waals surface area contributed by atoms with E-state index in [0.717, 1.165) is 49.4 Å². The first-order valence-corrected chi connectivity index (χ1v) is 9.60. The van der Waals surface area contributed by atoms with Gasteiger partial charge in [-0.1, -0.05) is 5.16 Å². The number of esters is 1. The minimum absolute atomic E-state index is 0.132. The van der Waals surface area contributed by atoms with Gasteiger partial charge in [0.2, 0.25) is 0 Å². The molecule has 28 heavy (non-hydrogen) atoms. The van der Waals surface area contributed by atoms with Crippen LogP contribution in [0.1, 0.15) is 53.6 Å². The number of ether oxygens (including phenoxy) is 2. The first-order valence-electron chi connectivity index (χ1n) is 9.60. The van der Waals surface area contributed by atoms with Crippen molar-refractivity contribution < 1.29 is 23.6 Å². The summed E-state index contributed by atoms with van der Waals surface area (Å²) in [5.74, 6) is 0.696. The van der Waals surface area contributed by atoms with Crippen LogP contribution in [0.25, 0.3) is 0 Å². The van der Waals surface area contributed by atoms with Gasteiger partial charge >= 0.3 is 5.97 Å². The van der Waals surface area contributed by atoms with E-state index in [1.807, 2.05) is 13.8 Å². The van der Waals surface area contributed by atoms with Crippen LogP contribution < -0.4 is 4.74 Å². The standard InChI is InChI=1S/C21H26N2O5/c1-14-19(15(2)28-22-14)13-26-18-9-7-17(8-10-18)21(25)27-16(3)20(24)23-11-5-4-6-12-23/h7-10,16H,4-6,11-13H2,1-3H3/t16-/m0/s1. The minimum atomic E-state index is -0.791. The number of rotatable bonds is 6. The van der Waals surface area contributed by atoms with E-state index in [1.165, 1.54) is 0 Å². The number of piperidine rings is 1. The van der Waals surface area contributed by atoms with E-state index < -0.39 is 12.1 Å². The van der Waals surface area contributed by atoms with Crippen molar-refractivity contribution in [1.82, 2.24) is 10.1 Å². The second-order valence-corrected chi connectivity index (χ2v) is 7.05. The number of nitrogens with zero attached hydrogens (tertiary/aromatic N) is 2. The number of benzene rings is 1. The quantitative estimate of drug-likeness (QED) is 0.708. The lowest BCUT2D eigenvalue weighted by Gasteiger charge is -2.28. The van der Waals surface area contributed by atoms with Crippen LogP contribution in [0.3, 0.4) is 0 Å². The number of hydrogen-bond acceptors (Lipinski definition) is 6. The third-order valence-corrected chi connectivity index (χ3v) is 4.95. The first kappa shape index (κ1) is 19.9. The maximum atomic E-state index is 12.4. The van der Waals surface area contributed by atoms with Gasteiger partial charge in [-0.05, 0) is 64.3 Å². The lowest BCUT2D eigenvalue weighted by Crippen LogP contribution is -2.42. The Morgan fingerprint density at radius 3 is 2.43 bits per heavy atom. The molecule has 0 spiro atoms. The monoisotopic (exact) mass is 386 g/mol. The second-order valence-electron chi connectivity index (χ2n) is 7.05. The molecule has 1 aliphatic rings. The summed E-state index contributed by atoms with van der Waals surface area (Å²) < 4.78 is 16.2. The Bertz CT molecular complexity index is 802. The summed E-state index contributed by atoms with van der Waals surface area (Å²) in [6, 6.07) is 6.66. The third-order valence-electron chi connectivity index (χ3n) is 4.95. The summed E-state index contributed by atoms with van der Waals surface area (Å²) in [5.41, 5.74) is 2.08. The van der Waals surface area contributed by atoms with Crippen molar-refractivity contribution in [2.75, 3.05) is 13.1 Å². The average Bonchev–Trinajstić information content (AvgIpc) is 3.04. The fourth-order valence-corrected chi connectivity index (χ4v) is 3.20. The molecule has 7 nitrogen and oxygen atoms in total. The van der Waals surface area contributed by atoms with Crippen molar-refractivity contribution >= 4 is 11.9 Å². The van der Waals surface area contributed by atoms with Crippen LogP contribution in [-0.4, -0.2) is 41.1 Å². The molecule has 1 aromatic heterocycles. The van der Waals surface area contributed by atoms with Gasteiger partial charge in [0.25, 0.3) is 5.91 Å². The van der Waals surface area contributed by atoms with Crippen LogP contribution >= 0.6 is 0 Å². The van der Waals surface area contributed by atoms with Gasteiger partial charge in [0.15, 0.2) is 6.10 Å². The van der Waals surface area contributed by atoms with Crippen molar-refractivity contribution in [3.63, 3.8) is 0 Å². The number of hydrogen-bond donors (Lipinski definition) is 0. The average molecular weight is 386 g/mol. The number of amides is 1. The van der Waals surface area contributed by atoms with Crippen molar-refractivity contribution in [3.8, 4) is 5.75 Å². The molecular weight excluding hydrogens is 360 g/mol. The molecule has 1 aliphatic heterocycles. The topological polar surface area (TPSA) is 81.9 Å². The summed E-state index contributed by atoms with van der Waals surface area (Å²) in [6.07, 6.45) is 2.35. The molecule has 1 fully saturated rings. The van der Waals surface area contributed by atoms with Gasteiger partial charge in [-0.2, -0.15) is 0 Å². The molecular formula is C21H26N2O5. The molecule has 0 radical (unpaired) electrons. The van der Waals surface area contributed by atoms with Gasteiger partial charge in [-0.15, -0.1) is 0 Å². The molecule has 7 heteroatoms. The summed E-state index contributed by atoms with van der Waals surface area (Å²) in [7, 11) is 0. The van der Waals surface area contributed by atoms with Gasteiger partial charge in [0.05, 0.1) is 16.8 Å². The summed E-state index contributed by atoms with van der Waals surface area (Å²) in [4.78, 5) is 26.5. The Labute approximate surface area is 164 Å². The van der Waals surface area contributed by atoms with Crippen LogP contribution in [0.2, 0.25) is 0 Å². The van der Waals surface area contributed by atoms with E-state index in [0.29, 0.717) is 17.9 Å². The van der Waals surface area contributed by atoms with E-state index in [-0.39, 0.29) is 5.91 Å². The first-order chi connectivity index (χ1) is 13.5. The molecule has 1 aromatic carbocycles. The molecule has 150 valence electrons. The number of aryl methyl sites for hydroxylation is 2. The molecule has 0 N–H and O–H groups in total. The number of likely N-dealkylation sites (tertiary alicyclic amines) is 1. The largest absolute Gasteiger partial charge is 0.489 e. The van der Waals surface area contributed by atoms with Crippen LogP contribution in [-0.2, 0) is 16.1 Å². The van der Waals surface area contributed by atoms with Crippen molar-refractivity contribution in [3.05, 3.63) is 46.8 Å². The molecule has 0 saturated carbocycles. The van der Waals surface area contributed by atoms with Gasteiger partial charge in [0, 0.05) is 13.1 Å². The lowest BCUT2D eigenvalue weighted by molar-refractivity contribution is -0.140. The summed E-state index contributed by atoms with van der Waals surface area (Å²) in [6.45, 7) is 7.13. The molecule has 2 aromatic rings. The zero-order chi connectivity index (χ0) is 20.1. The maximum Gasteiger partial charge on any atom is 0.338 e. The maximum absolute atomic E-state index is 12.4. The Hall–Kier alpha value is -2.83. The molecule has 1 atom stereocenters. The number of aromatic nitrogens is 1.